The average Bonchev–Trinajstić information content (AvgIpc) is 3.44. The summed E-state index contributed by atoms with van der Waals surface area (Å²) in [4.78, 5) is 11.2. The molecule has 0 amide bonds. The van der Waals surface area contributed by atoms with Crippen LogP contribution in [0.4, 0.5) is 0 Å². The van der Waals surface area contributed by atoms with Crippen LogP contribution in [0, 0.1) is 11.3 Å². The van der Waals surface area contributed by atoms with Crippen molar-refractivity contribution in [1.29, 1.82) is 5.26 Å². The summed E-state index contributed by atoms with van der Waals surface area (Å²) in [5, 5.41) is 13.1. The van der Waals surface area contributed by atoms with Crippen LogP contribution in [0.1, 0.15) is 35.9 Å². The minimum atomic E-state index is 0.0844. The van der Waals surface area contributed by atoms with Gasteiger partial charge in [0.25, 0.3) is 0 Å². The highest BCUT2D eigenvalue weighted by Gasteiger charge is 2.30. The molecule has 8 heteroatoms. The van der Waals surface area contributed by atoms with Crippen LogP contribution in [0.5, 0.6) is 5.88 Å². The predicted octanol–water partition coefficient (Wildman–Crippen LogP) is 3.37. The highest BCUT2D eigenvalue weighted by atomic mass is 16.5. The van der Waals surface area contributed by atoms with E-state index in [0.717, 1.165) is 37.1 Å². The smallest absolute Gasteiger partial charge is 0.244 e. The third kappa shape index (κ3) is 4.64. The molecule has 8 nitrogen and oxygen atoms in total. The Morgan fingerprint density at radius 1 is 1.23 bits per heavy atom. The van der Waals surface area contributed by atoms with Crippen molar-refractivity contribution in [2.45, 2.75) is 25.4 Å². The lowest BCUT2D eigenvalue weighted by molar-refractivity contribution is 0.144. The largest absolute Gasteiger partial charge is 0.475 e. The standard InChI is InChI=1S/C22H23N5O3/c1-28-11-12-29-20-13-18(8-9-24-20)21-25-22(30-26-21)19-3-2-10-27(19)15-17-6-4-16(14-23)5-7-17/h4-9,13,19H,2-3,10-12,15H2,1H3/t19-/m0/s1. The fraction of sp³-hybridized carbons (Fsp3) is 0.364. The van der Waals surface area contributed by atoms with Crippen LogP contribution in [0.25, 0.3) is 11.4 Å². The van der Waals surface area contributed by atoms with Crippen LogP contribution in [0.3, 0.4) is 0 Å². The summed E-state index contributed by atoms with van der Waals surface area (Å²) in [6, 6.07) is 13.6. The van der Waals surface area contributed by atoms with E-state index in [0.29, 0.717) is 36.4 Å². The Morgan fingerprint density at radius 3 is 2.90 bits per heavy atom. The number of hydrogen-bond acceptors (Lipinski definition) is 8. The molecule has 1 saturated heterocycles. The summed E-state index contributed by atoms with van der Waals surface area (Å²) in [5.74, 6) is 1.64. The average molecular weight is 405 g/mol. The zero-order chi connectivity index (χ0) is 20.8. The lowest BCUT2D eigenvalue weighted by atomic mass is 10.1. The number of nitrogens with zero attached hydrogens (tertiary/aromatic N) is 5. The van der Waals surface area contributed by atoms with E-state index in [9.17, 15) is 0 Å². The van der Waals surface area contributed by atoms with Crippen LogP contribution in [-0.4, -0.2) is 46.9 Å². The molecule has 0 radical (unpaired) electrons. The first-order chi connectivity index (χ1) is 14.8. The number of likely N-dealkylation sites (tertiary alicyclic amines) is 1. The van der Waals surface area contributed by atoms with Gasteiger partial charge in [-0.3, -0.25) is 4.90 Å². The van der Waals surface area contributed by atoms with Crippen molar-refractivity contribution in [3.63, 3.8) is 0 Å². The van der Waals surface area contributed by atoms with Crippen molar-refractivity contribution >= 4 is 0 Å². The fourth-order valence-electron chi connectivity index (χ4n) is 3.56. The molecule has 3 heterocycles. The maximum atomic E-state index is 8.97. The van der Waals surface area contributed by atoms with Gasteiger partial charge in [-0.15, -0.1) is 0 Å². The van der Waals surface area contributed by atoms with Crippen LogP contribution >= 0.6 is 0 Å². The van der Waals surface area contributed by atoms with Crippen LogP contribution in [0.15, 0.2) is 47.1 Å². The highest BCUT2D eigenvalue weighted by Crippen LogP contribution is 2.33. The molecule has 1 aliphatic heterocycles. The Labute approximate surface area is 175 Å². The molecule has 1 aromatic carbocycles. The van der Waals surface area contributed by atoms with Gasteiger partial charge in [0.05, 0.1) is 24.3 Å². The Balaban J connectivity index is 1.46. The van der Waals surface area contributed by atoms with Gasteiger partial charge in [0.15, 0.2) is 0 Å². The Morgan fingerprint density at radius 2 is 2.10 bits per heavy atom. The second-order valence-corrected chi connectivity index (χ2v) is 7.12. The van der Waals surface area contributed by atoms with Crippen molar-refractivity contribution in [2.75, 3.05) is 26.9 Å². The molecular weight excluding hydrogens is 382 g/mol. The molecule has 30 heavy (non-hydrogen) atoms. The lowest BCUT2D eigenvalue weighted by Crippen LogP contribution is -2.23. The Hall–Kier alpha value is -3.28. The monoisotopic (exact) mass is 405 g/mol. The van der Waals surface area contributed by atoms with Gasteiger partial charge in [-0.1, -0.05) is 17.3 Å². The van der Waals surface area contributed by atoms with Crippen LogP contribution < -0.4 is 4.74 Å². The van der Waals surface area contributed by atoms with Crippen molar-refractivity contribution in [3.8, 4) is 23.3 Å². The van der Waals surface area contributed by atoms with Crippen LogP contribution in [0.2, 0.25) is 0 Å². The molecule has 1 aliphatic rings. The Kier molecular flexibility index (Phi) is 6.32. The summed E-state index contributed by atoms with van der Waals surface area (Å²) in [6.45, 7) is 2.67. The van der Waals surface area contributed by atoms with Crippen LogP contribution in [-0.2, 0) is 11.3 Å². The van der Waals surface area contributed by atoms with Gasteiger partial charge >= 0.3 is 0 Å². The zero-order valence-corrected chi connectivity index (χ0v) is 16.8. The molecular formula is C22H23N5O3. The molecule has 0 unspecified atom stereocenters. The zero-order valence-electron chi connectivity index (χ0n) is 16.8. The number of ether oxygens (including phenoxy) is 2. The maximum Gasteiger partial charge on any atom is 0.244 e. The molecule has 1 fully saturated rings. The van der Waals surface area contributed by atoms with E-state index in [1.165, 1.54) is 0 Å². The van der Waals surface area contributed by atoms with E-state index in [1.807, 2.05) is 30.3 Å². The second kappa shape index (κ2) is 9.48. The minimum absolute atomic E-state index is 0.0844. The van der Waals surface area contributed by atoms with E-state index >= 15 is 0 Å². The summed E-state index contributed by atoms with van der Waals surface area (Å²) in [6.07, 6.45) is 3.71. The number of aromatic nitrogens is 3. The first kappa shape index (κ1) is 20.0. The van der Waals surface area contributed by atoms with E-state index in [2.05, 4.69) is 26.1 Å². The van der Waals surface area contributed by atoms with Crippen molar-refractivity contribution in [2.24, 2.45) is 0 Å². The fourth-order valence-corrected chi connectivity index (χ4v) is 3.56. The third-order valence-corrected chi connectivity index (χ3v) is 5.09. The van der Waals surface area contributed by atoms with Crippen molar-refractivity contribution in [1.82, 2.24) is 20.0 Å². The maximum absolute atomic E-state index is 8.97. The first-order valence-electron chi connectivity index (χ1n) is 9.91. The molecule has 0 bridgehead atoms. The number of benzene rings is 1. The summed E-state index contributed by atoms with van der Waals surface area (Å²) in [5.41, 5.74) is 2.62. The van der Waals surface area contributed by atoms with E-state index in [4.69, 9.17) is 19.3 Å². The van der Waals surface area contributed by atoms with Gasteiger partial charge < -0.3 is 14.0 Å². The van der Waals surface area contributed by atoms with Gasteiger partial charge in [-0.25, -0.2) is 4.98 Å². The minimum Gasteiger partial charge on any atom is -0.475 e. The number of hydrogen-bond donors (Lipinski definition) is 0. The number of rotatable bonds is 8. The molecule has 0 spiro atoms. The normalized spacial score (nSPS) is 16.5. The predicted molar refractivity (Wildman–Crippen MR) is 108 cm³/mol. The molecule has 0 saturated carbocycles. The van der Waals surface area contributed by atoms with Gasteiger partial charge in [0.1, 0.15) is 6.61 Å². The highest BCUT2D eigenvalue weighted by molar-refractivity contribution is 5.55. The van der Waals surface area contributed by atoms with E-state index in [-0.39, 0.29) is 6.04 Å². The van der Waals surface area contributed by atoms with Gasteiger partial charge in [0, 0.05) is 31.5 Å². The van der Waals surface area contributed by atoms with Gasteiger partial charge in [-0.2, -0.15) is 10.2 Å². The molecule has 0 N–H and O–H groups in total. The quantitative estimate of drug-likeness (QED) is 0.526. The molecule has 0 aliphatic carbocycles. The lowest BCUT2D eigenvalue weighted by Gasteiger charge is -2.21. The summed E-state index contributed by atoms with van der Waals surface area (Å²) in [7, 11) is 1.63. The molecule has 4 rings (SSSR count). The van der Waals surface area contributed by atoms with Crippen molar-refractivity contribution in [3.05, 3.63) is 59.6 Å². The SMILES string of the molecule is COCCOc1cc(-c2noc([C@@H]3CCCN3Cc3ccc(C#N)cc3)n2)ccn1. The topological polar surface area (TPSA) is 97.3 Å². The van der Waals surface area contributed by atoms with E-state index in [1.54, 1.807) is 19.4 Å². The summed E-state index contributed by atoms with van der Waals surface area (Å²) < 4.78 is 16.2. The molecule has 3 aromatic rings. The molecule has 154 valence electrons. The number of nitriles is 1. The van der Waals surface area contributed by atoms with E-state index < -0.39 is 0 Å². The molecule has 2 aromatic heterocycles. The first-order valence-corrected chi connectivity index (χ1v) is 9.91. The van der Waals surface area contributed by atoms with Gasteiger partial charge in [-0.05, 0) is 43.1 Å². The Bertz CT molecular complexity index is 1010. The number of pyridine rings is 1. The third-order valence-electron chi connectivity index (χ3n) is 5.09. The molecule has 1 atom stereocenters. The number of methoxy groups -OCH3 is 1. The second-order valence-electron chi connectivity index (χ2n) is 7.12. The summed E-state index contributed by atoms with van der Waals surface area (Å²) >= 11 is 0. The van der Waals surface area contributed by atoms with Crippen molar-refractivity contribution < 1.29 is 14.0 Å². The van der Waals surface area contributed by atoms with Gasteiger partial charge in [0.2, 0.25) is 17.6 Å².